The van der Waals surface area contributed by atoms with Crippen molar-refractivity contribution < 1.29 is 9.53 Å². The number of nitrogen functional groups attached to an aromatic ring is 1. The van der Waals surface area contributed by atoms with Gasteiger partial charge < -0.3 is 15.4 Å². The topological polar surface area (TPSA) is 94.2 Å². The molecule has 0 aromatic carbocycles. The van der Waals surface area contributed by atoms with Gasteiger partial charge >= 0.3 is 0 Å². The van der Waals surface area contributed by atoms with Gasteiger partial charge in [-0.15, -0.1) is 11.3 Å². The van der Waals surface area contributed by atoms with Gasteiger partial charge in [-0.05, 0) is 56.5 Å². The first-order valence-electron chi connectivity index (χ1n) is 10.6. The highest BCUT2D eigenvalue weighted by atomic mass is 32.1. The fraction of sp³-hybridized carbons (Fsp3) is 0.391. The zero-order valence-electron chi connectivity index (χ0n) is 17.7. The zero-order chi connectivity index (χ0) is 21.6. The zero-order valence-corrected chi connectivity index (χ0v) is 18.5. The van der Waals surface area contributed by atoms with Crippen molar-refractivity contribution in [2.45, 2.75) is 38.7 Å². The van der Waals surface area contributed by atoms with Gasteiger partial charge in [0, 0.05) is 30.1 Å². The van der Waals surface area contributed by atoms with Gasteiger partial charge in [-0.3, -0.25) is 4.79 Å². The standard InChI is InChI=1S/C23H25N5O2S/c1-14-12-18(26-15(2)25-14)22(29)28-9-7-23(8-10-28)16-13-20(31-19(16)6-11-30-23)17-4-3-5-21(24)27-17/h3-5,12-13H,6-11H2,1-2H3,(H2,24,27). The van der Waals surface area contributed by atoms with Crippen LogP contribution in [0.5, 0.6) is 0 Å². The minimum atomic E-state index is -0.336. The number of carbonyl (C=O) groups is 1. The van der Waals surface area contributed by atoms with Crippen LogP contribution in [0, 0.1) is 13.8 Å². The van der Waals surface area contributed by atoms with E-state index >= 15 is 0 Å². The summed E-state index contributed by atoms with van der Waals surface area (Å²) in [5.74, 6) is 1.12. The van der Waals surface area contributed by atoms with Gasteiger partial charge in [-0.2, -0.15) is 0 Å². The summed E-state index contributed by atoms with van der Waals surface area (Å²) in [6.07, 6.45) is 2.46. The van der Waals surface area contributed by atoms with Crippen LogP contribution in [0.2, 0.25) is 0 Å². The number of rotatable bonds is 2. The Labute approximate surface area is 185 Å². The minimum Gasteiger partial charge on any atom is -0.384 e. The number of ether oxygens (including phenoxy) is 1. The lowest BCUT2D eigenvalue weighted by Crippen LogP contribution is -2.48. The molecule has 160 valence electrons. The number of amides is 1. The molecule has 0 unspecified atom stereocenters. The molecular weight excluding hydrogens is 410 g/mol. The number of piperidine rings is 1. The van der Waals surface area contributed by atoms with E-state index in [0.29, 0.717) is 37.0 Å². The second kappa shape index (κ2) is 7.69. The fourth-order valence-electron chi connectivity index (χ4n) is 4.61. The molecule has 1 amide bonds. The van der Waals surface area contributed by atoms with Crippen molar-refractivity contribution in [3.63, 3.8) is 0 Å². The molecule has 0 aliphatic carbocycles. The van der Waals surface area contributed by atoms with Gasteiger partial charge in [-0.1, -0.05) is 6.07 Å². The second-order valence-electron chi connectivity index (χ2n) is 8.22. The Bertz CT molecular complexity index is 1130. The van der Waals surface area contributed by atoms with E-state index in [1.165, 1.54) is 10.4 Å². The van der Waals surface area contributed by atoms with Crippen LogP contribution >= 0.6 is 11.3 Å². The van der Waals surface area contributed by atoms with Crippen molar-refractivity contribution in [3.8, 4) is 10.6 Å². The highest BCUT2D eigenvalue weighted by Gasteiger charge is 2.43. The van der Waals surface area contributed by atoms with Crippen LogP contribution < -0.4 is 5.73 Å². The molecule has 3 aromatic rings. The summed E-state index contributed by atoms with van der Waals surface area (Å²) < 4.78 is 6.38. The fourth-order valence-corrected chi connectivity index (χ4v) is 5.81. The Kier molecular flexibility index (Phi) is 4.98. The number of nitrogens with two attached hydrogens (primary N) is 1. The van der Waals surface area contributed by atoms with Crippen LogP contribution in [0.4, 0.5) is 5.82 Å². The molecule has 0 saturated carbocycles. The van der Waals surface area contributed by atoms with Crippen molar-refractivity contribution in [2.75, 3.05) is 25.4 Å². The number of nitrogens with zero attached hydrogens (tertiary/aromatic N) is 4. The van der Waals surface area contributed by atoms with Crippen LogP contribution in [0.1, 0.15) is 45.3 Å². The maximum absolute atomic E-state index is 13.0. The van der Waals surface area contributed by atoms with Gasteiger partial charge in [0.2, 0.25) is 0 Å². The lowest BCUT2D eigenvalue weighted by molar-refractivity contribution is -0.0926. The van der Waals surface area contributed by atoms with Gasteiger partial charge in [0.05, 0.1) is 22.8 Å². The Hall–Kier alpha value is -2.84. The Morgan fingerprint density at radius 2 is 1.97 bits per heavy atom. The minimum absolute atomic E-state index is 0.0329. The van der Waals surface area contributed by atoms with Crippen molar-refractivity contribution in [1.82, 2.24) is 19.9 Å². The Morgan fingerprint density at radius 3 is 2.71 bits per heavy atom. The third kappa shape index (κ3) is 3.70. The Balaban J connectivity index is 1.38. The summed E-state index contributed by atoms with van der Waals surface area (Å²) in [4.78, 5) is 30.5. The van der Waals surface area contributed by atoms with E-state index in [1.54, 1.807) is 23.5 Å². The normalized spacial score (nSPS) is 17.5. The largest absolute Gasteiger partial charge is 0.384 e. The molecule has 5 heterocycles. The van der Waals surface area contributed by atoms with E-state index in [-0.39, 0.29) is 11.5 Å². The molecule has 0 atom stereocenters. The van der Waals surface area contributed by atoms with E-state index in [1.807, 2.05) is 30.9 Å². The highest BCUT2D eigenvalue weighted by Crippen LogP contribution is 2.46. The SMILES string of the molecule is Cc1cc(C(=O)N2CCC3(CC2)OCCc2sc(-c4cccc(N)n4)cc23)nc(C)n1. The van der Waals surface area contributed by atoms with Gasteiger partial charge in [-0.25, -0.2) is 15.0 Å². The molecular formula is C23H25N5O2S. The summed E-state index contributed by atoms with van der Waals surface area (Å²) in [6, 6.07) is 9.71. The maximum atomic E-state index is 13.0. The summed E-state index contributed by atoms with van der Waals surface area (Å²) in [5.41, 5.74) is 8.98. The van der Waals surface area contributed by atoms with Crippen molar-refractivity contribution in [2.24, 2.45) is 0 Å². The summed E-state index contributed by atoms with van der Waals surface area (Å²) >= 11 is 1.78. The van der Waals surface area contributed by atoms with E-state index in [0.717, 1.165) is 35.5 Å². The highest BCUT2D eigenvalue weighted by molar-refractivity contribution is 7.15. The predicted molar refractivity (Wildman–Crippen MR) is 120 cm³/mol. The third-order valence-electron chi connectivity index (χ3n) is 6.07. The number of thiophene rings is 1. The van der Waals surface area contributed by atoms with Crippen LogP contribution in [-0.4, -0.2) is 45.5 Å². The molecule has 0 radical (unpaired) electrons. The molecule has 1 spiro atoms. The number of aryl methyl sites for hydroxylation is 2. The van der Waals surface area contributed by atoms with Crippen LogP contribution in [0.25, 0.3) is 10.6 Å². The first-order valence-corrected chi connectivity index (χ1v) is 11.4. The van der Waals surface area contributed by atoms with Gasteiger partial charge in [0.1, 0.15) is 17.3 Å². The Morgan fingerprint density at radius 1 is 1.16 bits per heavy atom. The van der Waals surface area contributed by atoms with E-state index in [9.17, 15) is 4.79 Å². The van der Waals surface area contributed by atoms with E-state index < -0.39 is 0 Å². The summed E-state index contributed by atoms with van der Waals surface area (Å²) in [6.45, 7) is 5.69. The molecule has 31 heavy (non-hydrogen) atoms. The van der Waals surface area contributed by atoms with Crippen LogP contribution in [0.15, 0.2) is 30.3 Å². The quantitative estimate of drug-likeness (QED) is 0.662. The number of anilines is 1. The molecule has 5 rings (SSSR count). The van der Waals surface area contributed by atoms with Crippen molar-refractivity contribution in [1.29, 1.82) is 0 Å². The second-order valence-corrected chi connectivity index (χ2v) is 9.36. The average molecular weight is 436 g/mol. The summed E-state index contributed by atoms with van der Waals surface area (Å²) in [7, 11) is 0. The first-order chi connectivity index (χ1) is 14.9. The smallest absolute Gasteiger partial charge is 0.272 e. The molecule has 1 saturated heterocycles. The van der Waals surface area contributed by atoms with Gasteiger partial charge in [0.15, 0.2) is 0 Å². The first kappa shape index (κ1) is 20.1. The molecule has 2 aliphatic rings. The maximum Gasteiger partial charge on any atom is 0.272 e. The number of carbonyl (C=O) groups excluding carboxylic acids is 1. The lowest BCUT2D eigenvalue weighted by Gasteiger charge is -2.44. The van der Waals surface area contributed by atoms with Crippen molar-refractivity contribution >= 4 is 23.1 Å². The van der Waals surface area contributed by atoms with E-state index in [2.05, 4.69) is 21.0 Å². The van der Waals surface area contributed by atoms with Crippen LogP contribution in [-0.2, 0) is 16.8 Å². The molecule has 1 fully saturated rings. The lowest BCUT2D eigenvalue weighted by atomic mass is 9.82. The number of aromatic nitrogens is 3. The number of hydrogen-bond acceptors (Lipinski definition) is 7. The van der Waals surface area contributed by atoms with Gasteiger partial charge in [0.25, 0.3) is 5.91 Å². The van der Waals surface area contributed by atoms with E-state index in [4.69, 9.17) is 10.5 Å². The molecule has 8 heteroatoms. The summed E-state index contributed by atoms with van der Waals surface area (Å²) in [5, 5.41) is 0. The average Bonchev–Trinajstić information content (AvgIpc) is 3.19. The molecule has 7 nitrogen and oxygen atoms in total. The monoisotopic (exact) mass is 435 g/mol. The molecule has 3 aromatic heterocycles. The number of hydrogen-bond donors (Lipinski definition) is 1. The number of fused-ring (bicyclic) bond motifs is 2. The molecule has 2 N–H and O–H groups in total. The molecule has 0 bridgehead atoms. The van der Waals surface area contributed by atoms with Crippen molar-refractivity contribution in [3.05, 3.63) is 58.0 Å². The third-order valence-corrected chi connectivity index (χ3v) is 7.29. The number of pyridine rings is 1. The predicted octanol–water partition coefficient (Wildman–Crippen LogP) is 3.50. The number of likely N-dealkylation sites (tertiary alicyclic amines) is 1. The van der Waals surface area contributed by atoms with Crippen LogP contribution in [0.3, 0.4) is 0 Å². The molecule has 2 aliphatic heterocycles.